The standard InChI is InChI=1S/C18H28F3N3OSSi/c1-17(2,3)27(4,5)25-14-8-6-13(7-9-14)11-24-15(18(19,20)21)10-16(23-24)26-12-22/h10,13-14H,6-9,11H2,1-5H3/t13-,14+. The fourth-order valence-corrected chi connectivity index (χ4v) is 4.95. The summed E-state index contributed by atoms with van der Waals surface area (Å²) < 4.78 is 47.2. The third kappa shape index (κ3) is 5.75. The van der Waals surface area contributed by atoms with Gasteiger partial charge in [0.2, 0.25) is 0 Å². The number of halogens is 3. The first kappa shape index (κ1) is 22.3. The number of nitriles is 1. The molecule has 0 spiro atoms. The molecule has 0 N–H and O–H groups in total. The number of thioether (sulfide) groups is 1. The summed E-state index contributed by atoms with van der Waals surface area (Å²) in [6.45, 7) is 11.3. The predicted octanol–water partition coefficient (Wildman–Crippen LogP) is 6.06. The molecule has 1 aliphatic rings. The molecule has 2 rings (SSSR count). The smallest absolute Gasteiger partial charge is 0.414 e. The number of aromatic nitrogens is 2. The van der Waals surface area contributed by atoms with Crippen molar-refractivity contribution in [3.63, 3.8) is 0 Å². The Balaban J connectivity index is 1.99. The van der Waals surface area contributed by atoms with Gasteiger partial charge in [0.1, 0.15) is 16.1 Å². The quantitative estimate of drug-likeness (QED) is 0.331. The zero-order valence-electron chi connectivity index (χ0n) is 16.6. The van der Waals surface area contributed by atoms with Gasteiger partial charge < -0.3 is 4.43 Å². The lowest BCUT2D eigenvalue weighted by Gasteiger charge is -2.41. The van der Waals surface area contributed by atoms with Crippen LogP contribution in [0.4, 0.5) is 13.2 Å². The molecule has 0 unspecified atom stereocenters. The molecule has 4 nitrogen and oxygen atoms in total. The van der Waals surface area contributed by atoms with Crippen LogP contribution < -0.4 is 0 Å². The van der Waals surface area contributed by atoms with Gasteiger partial charge in [0, 0.05) is 30.5 Å². The van der Waals surface area contributed by atoms with Crippen LogP contribution in [0.15, 0.2) is 11.1 Å². The number of rotatable bonds is 5. The van der Waals surface area contributed by atoms with E-state index in [1.165, 1.54) is 0 Å². The van der Waals surface area contributed by atoms with Gasteiger partial charge in [-0.05, 0) is 49.7 Å². The highest BCUT2D eigenvalue weighted by Gasteiger charge is 2.40. The molecule has 1 heterocycles. The summed E-state index contributed by atoms with van der Waals surface area (Å²) in [4.78, 5) is 0. The first-order valence-electron chi connectivity index (χ1n) is 9.22. The van der Waals surface area contributed by atoms with Gasteiger partial charge in [-0.1, -0.05) is 20.8 Å². The van der Waals surface area contributed by atoms with Crippen molar-refractivity contribution in [1.82, 2.24) is 9.78 Å². The van der Waals surface area contributed by atoms with Crippen molar-refractivity contribution in [2.75, 3.05) is 0 Å². The van der Waals surface area contributed by atoms with Gasteiger partial charge in [-0.25, -0.2) is 0 Å². The lowest BCUT2D eigenvalue weighted by molar-refractivity contribution is -0.144. The highest BCUT2D eigenvalue weighted by molar-refractivity contribution is 8.03. The molecule has 0 saturated heterocycles. The fourth-order valence-electron chi connectivity index (χ4n) is 3.13. The largest absolute Gasteiger partial charge is 0.433 e. The van der Waals surface area contributed by atoms with E-state index in [-0.39, 0.29) is 28.6 Å². The van der Waals surface area contributed by atoms with E-state index in [1.807, 2.05) is 0 Å². The number of hydrogen-bond acceptors (Lipinski definition) is 4. The van der Waals surface area contributed by atoms with E-state index >= 15 is 0 Å². The summed E-state index contributed by atoms with van der Waals surface area (Å²) in [5, 5.41) is 14.7. The molecule has 0 radical (unpaired) electrons. The second-order valence-electron chi connectivity index (χ2n) is 8.76. The van der Waals surface area contributed by atoms with Crippen LogP contribution in [0.2, 0.25) is 18.1 Å². The van der Waals surface area contributed by atoms with E-state index in [9.17, 15) is 13.2 Å². The third-order valence-corrected chi connectivity index (χ3v) is 10.7. The van der Waals surface area contributed by atoms with Gasteiger partial charge in [-0.2, -0.15) is 23.5 Å². The lowest BCUT2D eigenvalue weighted by atomic mass is 9.87. The van der Waals surface area contributed by atoms with Crippen molar-refractivity contribution in [3.05, 3.63) is 11.8 Å². The molecule has 0 amide bonds. The number of thiocyanates is 1. The summed E-state index contributed by atoms with van der Waals surface area (Å²) in [5.74, 6) is 0.144. The Morgan fingerprint density at radius 2 is 1.85 bits per heavy atom. The first-order valence-corrected chi connectivity index (χ1v) is 12.9. The minimum absolute atomic E-state index is 0.0970. The van der Waals surface area contributed by atoms with Crippen molar-refractivity contribution in [2.24, 2.45) is 5.92 Å². The van der Waals surface area contributed by atoms with Crippen molar-refractivity contribution in [3.8, 4) is 5.40 Å². The molecule has 1 fully saturated rings. The molecule has 0 bridgehead atoms. The van der Waals surface area contributed by atoms with Gasteiger partial charge in [0.05, 0.1) is 0 Å². The Hall–Kier alpha value is -0.983. The lowest BCUT2D eigenvalue weighted by Crippen LogP contribution is -2.44. The molecule has 9 heteroatoms. The summed E-state index contributed by atoms with van der Waals surface area (Å²) in [6, 6.07) is 0.958. The highest BCUT2D eigenvalue weighted by Crippen LogP contribution is 2.40. The number of alkyl halides is 3. The van der Waals surface area contributed by atoms with Crippen molar-refractivity contribution >= 4 is 20.1 Å². The Morgan fingerprint density at radius 1 is 1.26 bits per heavy atom. The Labute approximate surface area is 164 Å². The van der Waals surface area contributed by atoms with Crippen LogP contribution in [-0.2, 0) is 17.1 Å². The van der Waals surface area contributed by atoms with E-state index in [0.717, 1.165) is 36.4 Å². The molecule has 27 heavy (non-hydrogen) atoms. The number of hydrogen-bond donors (Lipinski definition) is 0. The van der Waals surface area contributed by atoms with Gasteiger partial charge >= 0.3 is 6.18 Å². The van der Waals surface area contributed by atoms with Gasteiger partial charge in [0.15, 0.2) is 8.32 Å². The monoisotopic (exact) mass is 419 g/mol. The van der Waals surface area contributed by atoms with Crippen molar-refractivity contribution in [1.29, 1.82) is 5.26 Å². The summed E-state index contributed by atoms with van der Waals surface area (Å²) in [7, 11) is -1.83. The van der Waals surface area contributed by atoms with E-state index in [1.54, 1.807) is 5.40 Å². The molecule has 1 aliphatic carbocycles. The minimum Gasteiger partial charge on any atom is -0.414 e. The molecule has 152 valence electrons. The fraction of sp³-hybridized carbons (Fsp3) is 0.778. The number of nitrogens with zero attached hydrogens (tertiary/aromatic N) is 3. The van der Waals surface area contributed by atoms with Crippen LogP contribution in [0.1, 0.15) is 52.1 Å². The maximum atomic E-state index is 13.2. The second kappa shape index (κ2) is 8.17. The molecule has 1 saturated carbocycles. The third-order valence-electron chi connectivity index (χ3n) is 5.69. The van der Waals surface area contributed by atoms with Crippen LogP contribution in [0.25, 0.3) is 0 Å². The van der Waals surface area contributed by atoms with Crippen LogP contribution in [0.5, 0.6) is 0 Å². The van der Waals surface area contributed by atoms with Gasteiger partial charge in [0.25, 0.3) is 0 Å². The van der Waals surface area contributed by atoms with Crippen LogP contribution >= 0.6 is 11.8 Å². The maximum absolute atomic E-state index is 13.2. The Morgan fingerprint density at radius 3 is 2.33 bits per heavy atom. The first-order chi connectivity index (χ1) is 12.3. The summed E-state index contributed by atoms with van der Waals surface area (Å²) >= 11 is 0.656. The predicted molar refractivity (Wildman–Crippen MR) is 103 cm³/mol. The molecular formula is C18H28F3N3OSSi. The van der Waals surface area contributed by atoms with Crippen LogP contribution in [0.3, 0.4) is 0 Å². The summed E-state index contributed by atoms with van der Waals surface area (Å²) in [5.41, 5.74) is -0.778. The average molecular weight is 420 g/mol. The summed E-state index contributed by atoms with van der Waals surface area (Å²) in [6.07, 6.45) is -0.858. The van der Waals surface area contributed by atoms with Gasteiger partial charge in [-0.3, -0.25) is 4.68 Å². The zero-order valence-corrected chi connectivity index (χ0v) is 18.4. The van der Waals surface area contributed by atoms with Crippen LogP contribution in [0, 0.1) is 16.6 Å². The SMILES string of the molecule is CC(C)(C)[Si](C)(C)O[C@H]1CC[C@@H](Cn2nc(SC#N)cc2C(F)(F)F)CC1. The second-order valence-corrected chi connectivity index (χ2v) is 14.3. The molecule has 0 aromatic carbocycles. The molecule has 0 aliphatic heterocycles. The van der Waals surface area contributed by atoms with Gasteiger partial charge in [-0.15, -0.1) is 0 Å². The van der Waals surface area contributed by atoms with Crippen molar-refractivity contribution < 1.29 is 17.6 Å². The van der Waals surface area contributed by atoms with E-state index in [0.29, 0.717) is 11.8 Å². The molecule has 0 atom stereocenters. The molecule has 1 aromatic rings. The van der Waals surface area contributed by atoms with E-state index in [4.69, 9.17) is 9.69 Å². The van der Waals surface area contributed by atoms with Crippen molar-refractivity contribution in [2.45, 2.75) is 88.4 Å². The Kier molecular flexibility index (Phi) is 6.75. The van der Waals surface area contributed by atoms with E-state index < -0.39 is 20.2 Å². The highest BCUT2D eigenvalue weighted by atomic mass is 32.2. The zero-order chi connectivity index (χ0) is 20.5. The topological polar surface area (TPSA) is 50.8 Å². The van der Waals surface area contributed by atoms with E-state index in [2.05, 4.69) is 39.0 Å². The average Bonchev–Trinajstić information content (AvgIpc) is 2.91. The van der Waals surface area contributed by atoms with Crippen LogP contribution in [-0.4, -0.2) is 24.2 Å². The normalized spacial score (nSPS) is 21.9. The maximum Gasteiger partial charge on any atom is 0.433 e. The molecular weight excluding hydrogens is 391 g/mol. The Bertz CT molecular complexity index is 683. The molecule has 1 aromatic heterocycles. The minimum atomic E-state index is -4.47.